The second-order valence-electron chi connectivity index (χ2n) is 5.73. The van der Waals surface area contributed by atoms with Gasteiger partial charge in [-0.1, -0.05) is 0 Å². The molecular weight excluding hydrogens is 188 g/mol. The summed E-state index contributed by atoms with van der Waals surface area (Å²) in [6.45, 7) is 0. The average molecular weight is 204 g/mol. The predicted molar refractivity (Wildman–Crippen MR) is 55.0 cm³/mol. The van der Waals surface area contributed by atoms with E-state index in [1.807, 2.05) is 0 Å². The molecule has 4 atom stereocenters. The van der Waals surface area contributed by atoms with Crippen LogP contribution >= 0.6 is 0 Å². The average Bonchev–Trinajstić information content (AvgIpc) is 2.78. The van der Waals surface area contributed by atoms with Gasteiger partial charge in [-0.25, -0.2) is 0 Å². The van der Waals surface area contributed by atoms with Crippen LogP contribution in [0.15, 0.2) is 11.8 Å². The summed E-state index contributed by atoms with van der Waals surface area (Å²) in [5, 5.41) is 0. The summed E-state index contributed by atoms with van der Waals surface area (Å²) in [6.07, 6.45) is 7.15. The van der Waals surface area contributed by atoms with Gasteiger partial charge in [0.25, 0.3) is 0 Å². The number of ether oxygens (including phenoxy) is 1. The van der Waals surface area contributed by atoms with Gasteiger partial charge < -0.3 is 4.74 Å². The van der Waals surface area contributed by atoms with Gasteiger partial charge in [-0.2, -0.15) is 0 Å². The Morgan fingerprint density at radius 3 is 2.53 bits per heavy atom. The van der Waals surface area contributed by atoms with Crippen LogP contribution in [0.5, 0.6) is 0 Å². The molecule has 0 amide bonds. The molecule has 2 bridgehead atoms. The summed E-state index contributed by atoms with van der Waals surface area (Å²) in [4.78, 5) is 12.0. The Balaban J connectivity index is 1.81. The van der Waals surface area contributed by atoms with Crippen LogP contribution in [0.1, 0.15) is 25.7 Å². The molecule has 0 heterocycles. The van der Waals surface area contributed by atoms with Crippen molar-refractivity contribution in [3.05, 3.63) is 11.8 Å². The van der Waals surface area contributed by atoms with Gasteiger partial charge in [0.05, 0.1) is 7.11 Å². The summed E-state index contributed by atoms with van der Waals surface area (Å²) in [5.41, 5.74) is 0.586. The molecule has 0 radical (unpaired) electrons. The largest absolute Gasteiger partial charge is 0.501 e. The summed E-state index contributed by atoms with van der Waals surface area (Å²) >= 11 is 0. The van der Waals surface area contributed by atoms with Crippen molar-refractivity contribution >= 4 is 5.78 Å². The molecule has 1 spiro atoms. The maximum Gasteiger partial charge on any atom is 0.163 e. The summed E-state index contributed by atoms with van der Waals surface area (Å²) in [7, 11) is 1.72. The molecule has 3 saturated carbocycles. The van der Waals surface area contributed by atoms with E-state index in [1.54, 1.807) is 13.2 Å². The highest BCUT2D eigenvalue weighted by molar-refractivity contribution is 5.96. The highest BCUT2D eigenvalue weighted by atomic mass is 16.5. The lowest BCUT2D eigenvalue weighted by atomic mass is 9.80. The SMILES string of the molecule is COC1=CC(=O)C2C1C1CCC2C12CC2. The first-order valence-electron chi connectivity index (χ1n) is 6.07. The Bertz CT molecular complexity index is 378. The third-order valence-electron chi connectivity index (χ3n) is 5.52. The smallest absolute Gasteiger partial charge is 0.163 e. The molecule has 0 saturated heterocycles. The molecule has 0 aromatic rings. The Morgan fingerprint density at radius 2 is 1.93 bits per heavy atom. The standard InChI is InChI=1S/C13H16O2/c1-15-10-6-9(14)11-7-2-3-8(12(10)11)13(7)4-5-13/h6-8,11-12H,2-5H2,1H3. The number of carbonyl (C=O) groups is 1. The summed E-state index contributed by atoms with van der Waals surface area (Å²) in [6, 6.07) is 0. The number of fused-ring (bicyclic) bond motifs is 3. The molecule has 0 aromatic carbocycles. The zero-order chi connectivity index (χ0) is 10.2. The van der Waals surface area contributed by atoms with Crippen molar-refractivity contribution in [2.75, 3.05) is 7.11 Å². The molecule has 2 nitrogen and oxygen atoms in total. The highest BCUT2D eigenvalue weighted by Crippen LogP contribution is 2.76. The van der Waals surface area contributed by atoms with Crippen molar-refractivity contribution in [1.82, 2.24) is 0 Å². The molecule has 3 fully saturated rings. The molecule has 4 aliphatic rings. The summed E-state index contributed by atoms with van der Waals surface area (Å²) < 4.78 is 5.41. The van der Waals surface area contributed by atoms with Crippen LogP contribution in [-0.2, 0) is 9.53 Å². The van der Waals surface area contributed by atoms with Crippen LogP contribution in [0.3, 0.4) is 0 Å². The van der Waals surface area contributed by atoms with Gasteiger partial charge in [0.15, 0.2) is 5.78 Å². The molecule has 4 rings (SSSR count). The molecule has 4 unspecified atom stereocenters. The molecule has 80 valence electrons. The van der Waals surface area contributed by atoms with E-state index in [2.05, 4.69) is 0 Å². The van der Waals surface area contributed by atoms with E-state index >= 15 is 0 Å². The third-order valence-corrected chi connectivity index (χ3v) is 5.52. The van der Waals surface area contributed by atoms with Gasteiger partial charge in [0.1, 0.15) is 5.76 Å². The number of methoxy groups -OCH3 is 1. The second kappa shape index (κ2) is 2.31. The van der Waals surface area contributed by atoms with Gasteiger partial charge in [-0.3, -0.25) is 4.79 Å². The minimum absolute atomic E-state index is 0.307. The lowest BCUT2D eigenvalue weighted by molar-refractivity contribution is -0.119. The first kappa shape index (κ1) is 8.37. The fraction of sp³-hybridized carbons (Fsp3) is 0.769. The molecule has 0 aliphatic heterocycles. The number of rotatable bonds is 1. The van der Waals surface area contributed by atoms with E-state index in [1.165, 1.54) is 25.7 Å². The molecule has 4 aliphatic carbocycles. The maximum atomic E-state index is 12.0. The topological polar surface area (TPSA) is 26.3 Å². The Labute approximate surface area is 89.7 Å². The van der Waals surface area contributed by atoms with Crippen LogP contribution in [0.25, 0.3) is 0 Å². The minimum Gasteiger partial charge on any atom is -0.501 e. The quantitative estimate of drug-likeness (QED) is 0.654. The number of carbonyl (C=O) groups excluding carboxylic acids is 1. The number of hydrogen-bond donors (Lipinski definition) is 0. The molecule has 2 heteroatoms. The second-order valence-corrected chi connectivity index (χ2v) is 5.73. The van der Waals surface area contributed by atoms with Gasteiger partial charge in [-0.15, -0.1) is 0 Å². The fourth-order valence-corrected chi connectivity index (χ4v) is 4.95. The van der Waals surface area contributed by atoms with E-state index in [-0.39, 0.29) is 0 Å². The molecular formula is C13H16O2. The van der Waals surface area contributed by atoms with E-state index < -0.39 is 0 Å². The first-order valence-corrected chi connectivity index (χ1v) is 6.07. The van der Waals surface area contributed by atoms with Crippen molar-refractivity contribution in [3.63, 3.8) is 0 Å². The Hall–Kier alpha value is -0.790. The van der Waals surface area contributed by atoms with Crippen LogP contribution in [0.2, 0.25) is 0 Å². The van der Waals surface area contributed by atoms with Crippen molar-refractivity contribution in [3.8, 4) is 0 Å². The van der Waals surface area contributed by atoms with Gasteiger partial charge in [0, 0.05) is 17.9 Å². The van der Waals surface area contributed by atoms with E-state index in [4.69, 9.17) is 4.74 Å². The minimum atomic E-state index is 0.307. The van der Waals surface area contributed by atoms with Crippen LogP contribution in [0.4, 0.5) is 0 Å². The van der Waals surface area contributed by atoms with Crippen LogP contribution in [-0.4, -0.2) is 12.9 Å². The van der Waals surface area contributed by atoms with Crippen LogP contribution in [0, 0.1) is 29.1 Å². The first-order chi connectivity index (χ1) is 7.28. The van der Waals surface area contributed by atoms with E-state index in [9.17, 15) is 4.79 Å². The van der Waals surface area contributed by atoms with Gasteiger partial charge in [-0.05, 0) is 42.9 Å². The predicted octanol–water partition coefficient (Wildman–Crippen LogP) is 2.15. The number of ketones is 1. The monoisotopic (exact) mass is 204 g/mol. The number of allylic oxidation sites excluding steroid dienone is 2. The molecule has 0 N–H and O–H groups in total. The van der Waals surface area contributed by atoms with Crippen molar-refractivity contribution < 1.29 is 9.53 Å². The van der Waals surface area contributed by atoms with E-state index in [0.717, 1.165) is 11.7 Å². The fourth-order valence-electron chi connectivity index (χ4n) is 4.95. The Morgan fingerprint density at radius 1 is 1.27 bits per heavy atom. The third kappa shape index (κ3) is 0.745. The van der Waals surface area contributed by atoms with Crippen molar-refractivity contribution in [1.29, 1.82) is 0 Å². The van der Waals surface area contributed by atoms with Gasteiger partial charge >= 0.3 is 0 Å². The highest BCUT2D eigenvalue weighted by Gasteiger charge is 2.71. The van der Waals surface area contributed by atoms with Gasteiger partial charge in [0.2, 0.25) is 0 Å². The summed E-state index contributed by atoms with van der Waals surface area (Å²) in [5.74, 6) is 3.58. The Kier molecular flexibility index (Phi) is 1.29. The molecule has 15 heavy (non-hydrogen) atoms. The zero-order valence-electron chi connectivity index (χ0n) is 9.03. The normalized spacial score (nSPS) is 48.3. The molecule has 0 aromatic heterocycles. The maximum absolute atomic E-state index is 12.0. The van der Waals surface area contributed by atoms with Crippen molar-refractivity contribution in [2.45, 2.75) is 25.7 Å². The number of hydrogen-bond acceptors (Lipinski definition) is 2. The van der Waals surface area contributed by atoms with Crippen molar-refractivity contribution in [2.24, 2.45) is 29.1 Å². The zero-order valence-corrected chi connectivity index (χ0v) is 9.03. The lowest BCUT2D eigenvalue weighted by Gasteiger charge is -2.24. The lowest BCUT2D eigenvalue weighted by Crippen LogP contribution is -2.24. The van der Waals surface area contributed by atoms with Crippen LogP contribution < -0.4 is 0 Å². The van der Waals surface area contributed by atoms with E-state index in [0.29, 0.717) is 29.0 Å².